The van der Waals surface area contributed by atoms with Crippen molar-refractivity contribution in [3.05, 3.63) is 88.2 Å². The average molecular weight is 518 g/mol. The molecule has 5 rings (SSSR count). The van der Waals surface area contributed by atoms with Crippen LogP contribution in [0.2, 0.25) is 0 Å². The highest BCUT2D eigenvalue weighted by atomic mass is 79.9. The summed E-state index contributed by atoms with van der Waals surface area (Å²) in [6.07, 6.45) is 1.32. The highest BCUT2D eigenvalue weighted by molar-refractivity contribution is 9.10. The van der Waals surface area contributed by atoms with Gasteiger partial charge >= 0.3 is 0 Å². The third-order valence-electron chi connectivity index (χ3n) is 6.59. The molecule has 1 fully saturated rings. The van der Waals surface area contributed by atoms with Crippen molar-refractivity contribution in [3.63, 3.8) is 0 Å². The predicted octanol–water partition coefficient (Wildman–Crippen LogP) is 6.41. The van der Waals surface area contributed by atoms with Crippen LogP contribution in [-0.4, -0.2) is 28.6 Å². The molecule has 6 heteroatoms. The molecule has 174 valence electrons. The third kappa shape index (κ3) is 4.47. The van der Waals surface area contributed by atoms with Crippen LogP contribution in [0.1, 0.15) is 35.7 Å². The van der Waals surface area contributed by atoms with Gasteiger partial charge in [-0.2, -0.15) is 0 Å². The van der Waals surface area contributed by atoms with Gasteiger partial charge in [0.1, 0.15) is 11.6 Å². The van der Waals surface area contributed by atoms with Crippen molar-refractivity contribution in [1.29, 1.82) is 0 Å². The number of nitrogens with zero attached hydrogens (tertiary/aromatic N) is 3. The summed E-state index contributed by atoms with van der Waals surface area (Å²) in [4.78, 5) is 19.8. The van der Waals surface area contributed by atoms with Crippen LogP contribution in [0.5, 0.6) is 5.75 Å². The summed E-state index contributed by atoms with van der Waals surface area (Å²) < 4.78 is 9.23. The number of anilines is 1. The minimum atomic E-state index is 0.0488. The molecular weight excluding hydrogens is 490 g/mol. The number of carbonyl (C=O) groups excluding carboxylic acids is 1. The van der Waals surface area contributed by atoms with Crippen molar-refractivity contribution in [1.82, 2.24) is 9.55 Å². The molecule has 1 atom stereocenters. The first-order valence-corrected chi connectivity index (χ1v) is 12.5. The van der Waals surface area contributed by atoms with Crippen molar-refractivity contribution in [2.24, 2.45) is 0 Å². The molecule has 4 aromatic rings. The van der Waals surface area contributed by atoms with Crippen LogP contribution in [0.3, 0.4) is 0 Å². The van der Waals surface area contributed by atoms with Gasteiger partial charge in [0.2, 0.25) is 5.91 Å². The van der Waals surface area contributed by atoms with E-state index in [0.29, 0.717) is 19.6 Å². The molecule has 5 nitrogen and oxygen atoms in total. The lowest BCUT2D eigenvalue weighted by molar-refractivity contribution is -0.117. The van der Waals surface area contributed by atoms with Crippen LogP contribution in [0, 0.1) is 13.8 Å². The van der Waals surface area contributed by atoms with E-state index < -0.39 is 0 Å². The minimum Gasteiger partial charge on any atom is -0.494 e. The number of hydrogen-bond donors (Lipinski definition) is 0. The van der Waals surface area contributed by atoms with E-state index in [2.05, 4.69) is 52.5 Å². The monoisotopic (exact) mass is 517 g/mol. The minimum absolute atomic E-state index is 0.0488. The normalized spacial score (nSPS) is 15.9. The Morgan fingerprint density at radius 3 is 2.65 bits per heavy atom. The van der Waals surface area contributed by atoms with Gasteiger partial charge in [-0.05, 0) is 83.7 Å². The van der Waals surface area contributed by atoms with Gasteiger partial charge in [0, 0.05) is 29.9 Å². The Hall–Kier alpha value is -3.12. The van der Waals surface area contributed by atoms with Crippen LogP contribution in [-0.2, 0) is 11.3 Å². The zero-order chi connectivity index (χ0) is 23.7. The Labute approximate surface area is 208 Å². The maximum Gasteiger partial charge on any atom is 0.227 e. The number of para-hydroxylation sites is 3. The van der Waals surface area contributed by atoms with Gasteiger partial charge in [-0.15, -0.1) is 0 Å². The molecule has 0 radical (unpaired) electrons. The van der Waals surface area contributed by atoms with E-state index in [1.165, 1.54) is 11.1 Å². The molecule has 1 amide bonds. The van der Waals surface area contributed by atoms with Crippen LogP contribution in [0.15, 0.2) is 71.2 Å². The molecule has 1 unspecified atom stereocenters. The maximum atomic E-state index is 13.0. The SMILES string of the molecule is Cc1ccc(OCCCn2c(C3CC(=O)N(c4ccccc4Br)C3)nc3ccccc32)cc1C. The number of halogens is 1. The fourth-order valence-corrected chi connectivity index (χ4v) is 5.14. The van der Waals surface area contributed by atoms with E-state index in [0.717, 1.165) is 45.7 Å². The van der Waals surface area contributed by atoms with Gasteiger partial charge in [-0.25, -0.2) is 4.98 Å². The zero-order valence-electron chi connectivity index (χ0n) is 19.5. The van der Waals surface area contributed by atoms with Crippen LogP contribution in [0.4, 0.5) is 5.69 Å². The molecule has 34 heavy (non-hydrogen) atoms. The van der Waals surface area contributed by atoms with Crippen LogP contribution >= 0.6 is 15.9 Å². The van der Waals surface area contributed by atoms with Gasteiger partial charge in [0.15, 0.2) is 0 Å². The highest BCUT2D eigenvalue weighted by Gasteiger charge is 2.35. The van der Waals surface area contributed by atoms with Gasteiger partial charge in [0.25, 0.3) is 0 Å². The van der Waals surface area contributed by atoms with Crippen molar-refractivity contribution >= 4 is 38.6 Å². The molecule has 0 aliphatic carbocycles. The Morgan fingerprint density at radius 1 is 1.03 bits per heavy atom. The van der Waals surface area contributed by atoms with E-state index >= 15 is 0 Å². The number of ether oxygens (including phenoxy) is 1. The Balaban J connectivity index is 1.34. The van der Waals surface area contributed by atoms with E-state index in [4.69, 9.17) is 9.72 Å². The van der Waals surface area contributed by atoms with Gasteiger partial charge in [0.05, 0.1) is 23.3 Å². The summed E-state index contributed by atoms with van der Waals surface area (Å²) in [6.45, 7) is 6.26. The van der Waals surface area contributed by atoms with Crippen molar-refractivity contribution in [3.8, 4) is 5.75 Å². The van der Waals surface area contributed by atoms with E-state index in [1.54, 1.807) is 0 Å². The molecule has 3 aromatic carbocycles. The Kier molecular flexibility index (Phi) is 6.42. The number of aromatic nitrogens is 2. The Bertz CT molecular complexity index is 1350. The fraction of sp³-hybridized carbons (Fsp3) is 0.286. The first kappa shape index (κ1) is 22.7. The first-order valence-electron chi connectivity index (χ1n) is 11.7. The molecule has 1 aliphatic heterocycles. The molecule has 1 saturated heterocycles. The van der Waals surface area contributed by atoms with Crippen molar-refractivity contribution < 1.29 is 9.53 Å². The summed E-state index contributed by atoms with van der Waals surface area (Å²) in [6, 6.07) is 22.3. The first-order chi connectivity index (χ1) is 16.5. The molecular formula is C28H28BrN3O2. The smallest absolute Gasteiger partial charge is 0.227 e. The topological polar surface area (TPSA) is 47.4 Å². The Morgan fingerprint density at radius 2 is 1.82 bits per heavy atom. The molecule has 2 heterocycles. The lowest BCUT2D eigenvalue weighted by Crippen LogP contribution is -2.25. The standard InChI is InChI=1S/C28H28BrN3O2/c1-19-12-13-22(16-20(19)2)34-15-7-14-31-26-11-6-4-9-24(26)30-28(31)21-17-27(33)32(18-21)25-10-5-3-8-23(25)29/h3-6,8-13,16,21H,7,14-15,17-18H2,1-2H3. The zero-order valence-corrected chi connectivity index (χ0v) is 21.1. The van der Waals surface area contributed by atoms with Gasteiger partial charge < -0.3 is 14.2 Å². The summed E-state index contributed by atoms with van der Waals surface area (Å²) >= 11 is 3.59. The van der Waals surface area contributed by atoms with Gasteiger partial charge in [-0.3, -0.25) is 4.79 Å². The number of fused-ring (bicyclic) bond motifs is 1. The second kappa shape index (κ2) is 9.63. The predicted molar refractivity (Wildman–Crippen MR) is 140 cm³/mol. The summed E-state index contributed by atoms with van der Waals surface area (Å²) in [5, 5.41) is 0. The number of imidazole rings is 1. The molecule has 0 N–H and O–H groups in total. The lowest BCUT2D eigenvalue weighted by atomic mass is 10.1. The molecule has 0 bridgehead atoms. The van der Waals surface area contributed by atoms with E-state index in [1.807, 2.05) is 53.4 Å². The summed E-state index contributed by atoms with van der Waals surface area (Å²) in [5.74, 6) is 2.07. The van der Waals surface area contributed by atoms with E-state index in [-0.39, 0.29) is 11.8 Å². The average Bonchev–Trinajstić information content (AvgIpc) is 3.40. The van der Waals surface area contributed by atoms with Crippen molar-refractivity contribution in [2.75, 3.05) is 18.1 Å². The number of aryl methyl sites for hydroxylation is 3. The highest BCUT2D eigenvalue weighted by Crippen LogP contribution is 2.36. The van der Waals surface area contributed by atoms with Crippen LogP contribution in [0.25, 0.3) is 11.0 Å². The number of benzene rings is 3. The second-order valence-corrected chi connectivity index (χ2v) is 9.77. The quantitative estimate of drug-likeness (QED) is 0.266. The molecule has 1 aliphatic rings. The fourth-order valence-electron chi connectivity index (χ4n) is 4.64. The number of amides is 1. The van der Waals surface area contributed by atoms with Crippen molar-refractivity contribution in [2.45, 2.75) is 39.2 Å². The van der Waals surface area contributed by atoms with Crippen LogP contribution < -0.4 is 9.64 Å². The summed E-state index contributed by atoms with van der Waals surface area (Å²) in [7, 11) is 0. The van der Waals surface area contributed by atoms with E-state index in [9.17, 15) is 4.79 Å². The maximum absolute atomic E-state index is 13.0. The molecule has 1 aromatic heterocycles. The molecule has 0 spiro atoms. The molecule has 0 saturated carbocycles. The largest absolute Gasteiger partial charge is 0.494 e. The number of rotatable bonds is 7. The summed E-state index contributed by atoms with van der Waals surface area (Å²) in [5.41, 5.74) is 5.50. The van der Waals surface area contributed by atoms with Gasteiger partial charge in [-0.1, -0.05) is 30.3 Å². The second-order valence-electron chi connectivity index (χ2n) is 8.92. The number of hydrogen-bond acceptors (Lipinski definition) is 3. The third-order valence-corrected chi connectivity index (χ3v) is 7.26. The lowest BCUT2D eigenvalue weighted by Gasteiger charge is -2.19. The number of carbonyl (C=O) groups is 1.